The number of benzene rings is 3. The minimum Gasteiger partial charge on any atom is -0.488 e. The molecular weight excluding hydrogens is 512 g/mol. The molecule has 11 heteroatoms. The van der Waals surface area contributed by atoms with Gasteiger partial charge in [-0.05, 0) is 59.8 Å². The molecule has 1 N–H and O–H groups in total. The fourth-order valence-electron chi connectivity index (χ4n) is 3.37. The van der Waals surface area contributed by atoms with Gasteiger partial charge in [0.15, 0.2) is 0 Å². The van der Waals surface area contributed by atoms with E-state index in [1.807, 2.05) is 0 Å². The molecule has 1 fully saturated rings. The zero-order valence-corrected chi connectivity index (χ0v) is 19.7. The van der Waals surface area contributed by atoms with Gasteiger partial charge in [-0.25, -0.2) is 4.39 Å². The van der Waals surface area contributed by atoms with Gasteiger partial charge in [-0.15, -0.1) is 0 Å². The van der Waals surface area contributed by atoms with Crippen molar-refractivity contribution in [3.63, 3.8) is 0 Å². The minimum absolute atomic E-state index is 0.0506. The number of alkyl halides is 3. The second kappa shape index (κ2) is 10.9. The summed E-state index contributed by atoms with van der Waals surface area (Å²) >= 11 is 0.628. The zero-order chi connectivity index (χ0) is 26.6. The standard InChI is InChI=1S/C26H18F4N2O4S/c27-19-10-8-16(9-11-19)15-36-21-7-2-1-4-17(21)12-22-24(34)32(25(35)37-22)14-23(33)31-20-6-3-5-18(13-20)26(28,29)30/h1-13H,14-15H2,(H,31,33)/b22-12-. The Hall–Kier alpha value is -4.12. The van der Waals surface area contributed by atoms with Crippen LogP contribution in [0.3, 0.4) is 0 Å². The number of hydrogen-bond donors (Lipinski definition) is 1. The first kappa shape index (κ1) is 26.0. The van der Waals surface area contributed by atoms with E-state index in [-0.39, 0.29) is 23.0 Å². The Morgan fingerprint density at radius 3 is 2.46 bits per heavy atom. The first-order chi connectivity index (χ1) is 17.6. The van der Waals surface area contributed by atoms with Crippen molar-refractivity contribution in [2.75, 3.05) is 11.9 Å². The number of hydrogen-bond acceptors (Lipinski definition) is 5. The number of ether oxygens (including phenoxy) is 1. The molecule has 190 valence electrons. The lowest BCUT2D eigenvalue weighted by Crippen LogP contribution is -2.36. The average molecular weight is 530 g/mol. The van der Waals surface area contributed by atoms with Crippen molar-refractivity contribution in [2.24, 2.45) is 0 Å². The number of anilines is 1. The lowest BCUT2D eigenvalue weighted by atomic mass is 10.1. The summed E-state index contributed by atoms with van der Waals surface area (Å²) in [6.07, 6.45) is -3.13. The van der Waals surface area contributed by atoms with Crippen molar-refractivity contribution in [2.45, 2.75) is 12.8 Å². The highest BCUT2D eigenvalue weighted by Gasteiger charge is 2.36. The molecular formula is C26H18F4N2O4S. The maximum atomic E-state index is 13.1. The number of carbonyl (C=O) groups excluding carboxylic acids is 3. The van der Waals surface area contributed by atoms with E-state index in [0.717, 1.165) is 23.8 Å². The Labute approximate surface area is 212 Å². The van der Waals surface area contributed by atoms with Crippen molar-refractivity contribution in [3.05, 3.63) is 100 Å². The lowest BCUT2D eigenvalue weighted by molar-refractivity contribution is -0.137. The summed E-state index contributed by atoms with van der Waals surface area (Å²) in [5.74, 6) is -1.50. The molecule has 0 atom stereocenters. The van der Waals surface area contributed by atoms with Gasteiger partial charge in [-0.2, -0.15) is 13.2 Å². The van der Waals surface area contributed by atoms with Crippen LogP contribution in [-0.4, -0.2) is 28.5 Å². The maximum Gasteiger partial charge on any atom is 0.416 e. The van der Waals surface area contributed by atoms with E-state index in [1.54, 1.807) is 36.4 Å². The van der Waals surface area contributed by atoms with Gasteiger partial charge in [0.2, 0.25) is 5.91 Å². The first-order valence-electron chi connectivity index (χ1n) is 10.8. The third-order valence-electron chi connectivity index (χ3n) is 5.16. The number of imide groups is 1. The highest BCUT2D eigenvalue weighted by Crippen LogP contribution is 2.34. The number of amides is 3. The molecule has 4 rings (SSSR count). The summed E-state index contributed by atoms with van der Waals surface area (Å²) < 4.78 is 57.6. The van der Waals surface area contributed by atoms with Gasteiger partial charge in [0.25, 0.3) is 11.1 Å². The van der Waals surface area contributed by atoms with Crippen LogP contribution in [0.2, 0.25) is 0 Å². The van der Waals surface area contributed by atoms with Crippen LogP contribution in [0.25, 0.3) is 6.08 Å². The third-order valence-corrected chi connectivity index (χ3v) is 6.07. The monoisotopic (exact) mass is 530 g/mol. The molecule has 0 saturated carbocycles. The predicted molar refractivity (Wildman–Crippen MR) is 130 cm³/mol. The van der Waals surface area contributed by atoms with Crippen molar-refractivity contribution >= 4 is 40.6 Å². The second-order valence-electron chi connectivity index (χ2n) is 7.85. The molecule has 0 spiro atoms. The highest BCUT2D eigenvalue weighted by atomic mass is 32.2. The Morgan fingerprint density at radius 2 is 1.73 bits per heavy atom. The van der Waals surface area contributed by atoms with E-state index in [1.165, 1.54) is 24.3 Å². The summed E-state index contributed by atoms with van der Waals surface area (Å²) in [6.45, 7) is -0.525. The van der Waals surface area contributed by atoms with Crippen LogP contribution in [0.4, 0.5) is 28.0 Å². The van der Waals surface area contributed by atoms with Gasteiger partial charge in [-0.1, -0.05) is 36.4 Å². The van der Waals surface area contributed by atoms with Crippen LogP contribution in [0.5, 0.6) is 5.75 Å². The van der Waals surface area contributed by atoms with Crippen molar-refractivity contribution in [1.82, 2.24) is 4.90 Å². The molecule has 0 bridgehead atoms. The van der Waals surface area contributed by atoms with Gasteiger partial charge in [0, 0.05) is 11.3 Å². The number of nitrogens with one attached hydrogen (secondary N) is 1. The van der Waals surface area contributed by atoms with E-state index in [2.05, 4.69) is 5.32 Å². The van der Waals surface area contributed by atoms with Crippen LogP contribution in [-0.2, 0) is 22.4 Å². The molecule has 1 heterocycles. The van der Waals surface area contributed by atoms with Crippen LogP contribution in [0, 0.1) is 5.82 Å². The SMILES string of the molecule is O=C(CN1C(=O)S/C(=C\c2ccccc2OCc2ccc(F)cc2)C1=O)Nc1cccc(C(F)(F)F)c1. The smallest absolute Gasteiger partial charge is 0.416 e. The number of thioether (sulfide) groups is 1. The Kier molecular flexibility index (Phi) is 7.63. The fraction of sp³-hybridized carbons (Fsp3) is 0.115. The van der Waals surface area contributed by atoms with Gasteiger partial charge in [-0.3, -0.25) is 19.3 Å². The normalized spacial score (nSPS) is 14.8. The van der Waals surface area contributed by atoms with Crippen LogP contribution >= 0.6 is 11.8 Å². The number of para-hydroxylation sites is 1. The van der Waals surface area contributed by atoms with Gasteiger partial charge >= 0.3 is 6.18 Å². The Balaban J connectivity index is 1.43. The number of nitrogens with zero attached hydrogens (tertiary/aromatic N) is 1. The first-order valence-corrected chi connectivity index (χ1v) is 11.6. The Bertz CT molecular complexity index is 1370. The van der Waals surface area contributed by atoms with Crippen molar-refractivity contribution in [3.8, 4) is 5.75 Å². The van der Waals surface area contributed by atoms with Gasteiger partial charge in [0.1, 0.15) is 24.7 Å². The van der Waals surface area contributed by atoms with Crippen LogP contribution < -0.4 is 10.1 Å². The molecule has 0 radical (unpaired) electrons. The number of rotatable bonds is 7. The quantitative estimate of drug-likeness (QED) is 0.295. The molecule has 3 aromatic carbocycles. The second-order valence-corrected chi connectivity index (χ2v) is 8.84. The molecule has 0 unspecified atom stereocenters. The number of halogens is 4. The van der Waals surface area contributed by atoms with E-state index < -0.39 is 35.3 Å². The van der Waals surface area contributed by atoms with Crippen molar-refractivity contribution < 1.29 is 36.7 Å². The molecule has 1 aliphatic heterocycles. The van der Waals surface area contributed by atoms with Crippen LogP contribution in [0.15, 0.2) is 77.7 Å². The fourth-order valence-corrected chi connectivity index (χ4v) is 4.20. The molecule has 37 heavy (non-hydrogen) atoms. The minimum atomic E-state index is -4.59. The molecule has 3 aromatic rings. The molecule has 1 aliphatic rings. The summed E-state index contributed by atoms with van der Waals surface area (Å²) in [7, 11) is 0. The summed E-state index contributed by atoms with van der Waals surface area (Å²) in [5.41, 5.74) is 0.168. The molecule has 1 saturated heterocycles. The lowest BCUT2D eigenvalue weighted by Gasteiger charge is -2.13. The topological polar surface area (TPSA) is 75.7 Å². The summed E-state index contributed by atoms with van der Waals surface area (Å²) in [5, 5.41) is 1.58. The zero-order valence-electron chi connectivity index (χ0n) is 18.9. The van der Waals surface area contributed by atoms with E-state index >= 15 is 0 Å². The van der Waals surface area contributed by atoms with Gasteiger partial charge < -0.3 is 10.1 Å². The maximum absolute atomic E-state index is 13.1. The summed E-state index contributed by atoms with van der Waals surface area (Å²) in [4.78, 5) is 38.4. The average Bonchev–Trinajstić information content (AvgIpc) is 3.11. The highest BCUT2D eigenvalue weighted by molar-refractivity contribution is 8.18. The van der Waals surface area contributed by atoms with E-state index in [0.29, 0.717) is 28.0 Å². The largest absolute Gasteiger partial charge is 0.488 e. The van der Waals surface area contributed by atoms with E-state index in [4.69, 9.17) is 4.74 Å². The van der Waals surface area contributed by atoms with Crippen molar-refractivity contribution in [1.29, 1.82) is 0 Å². The molecule has 0 aliphatic carbocycles. The van der Waals surface area contributed by atoms with Crippen LogP contribution in [0.1, 0.15) is 16.7 Å². The third kappa shape index (κ3) is 6.56. The molecule has 0 aromatic heterocycles. The summed E-state index contributed by atoms with van der Waals surface area (Å²) in [6, 6.07) is 16.6. The van der Waals surface area contributed by atoms with Gasteiger partial charge in [0.05, 0.1) is 10.5 Å². The number of carbonyl (C=O) groups is 3. The molecule has 6 nitrogen and oxygen atoms in total. The predicted octanol–water partition coefficient (Wildman–Crippen LogP) is 6.10. The Morgan fingerprint density at radius 1 is 1.00 bits per heavy atom. The molecule has 3 amide bonds. The van der Waals surface area contributed by atoms with E-state index in [9.17, 15) is 31.9 Å².